The second-order valence-electron chi connectivity index (χ2n) is 5.53. The molecule has 110 valence electrons. The average Bonchev–Trinajstić information content (AvgIpc) is 2.78. The Balaban J connectivity index is 2.17. The summed E-state index contributed by atoms with van der Waals surface area (Å²) >= 11 is 7.39. The van der Waals surface area contributed by atoms with Crippen LogP contribution in [0.3, 0.4) is 0 Å². The molecule has 2 rings (SSSR count). The topological polar surface area (TPSA) is 49.4 Å². The summed E-state index contributed by atoms with van der Waals surface area (Å²) in [5.41, 5.74) is 0. The normalized spacial score (nSPS) is 21.2. The van der Waals surface area contributed by atoms with E-state index in [1.54, 1.807) is 4.90 Å². The van der Waals surface area contributed by atoms with E-state index in [-0.39, 0.29) is 24.4 Å². The lowest BCUT2D eigenvalue weighted by molar-refractivity contribution is -0.146. The number of piperazine rings is 1. The SMILES string of the molecule is CC(C)CC1NC(=O)CN(C(C)c2ccc(Cl)s2)C1=O. The minimum Gasteiger partial charge on any atom is -0.343 e. The lowest BCUT2D eigenvalue weighted by Gasteiger charge is -2.36. The highest BCUT2D eigenvalue weighted by Gasteiger charge is 2.36. The highest BCUT2D eigenvalue weighted by atomic mass is 35.5. The largest absolute Gasteiger partial charge is 0.343 e. The quantitative estimate of drug-likeness (QED) is 0.929. The molecule has 0 bridgehead atoms. The smallest absolute Gasteiger partial charge is 0.246 e. The zero-order valence-corrected chi connectivity index (χ0v) is 13.4. The highest BCUT2D eigenvalue weighted by Crippen LogP contribution is 2.31. The first-order chi connectivity index (χ1) is 9.38. The number of nitrogens with one attached hydrogen (secondary N) is 1. The summed E-state index contributed by atoms with van der Waals surface area (Å²) < 4.78 is 0.694. The van der Waals surface area contributed by atoms with E-state index in [0.717, 1.165) is 4.88 Å². The fourth-order valence-electron chi connectivity index (χ4n) is 2.40. The third kappa shape index (κ3) is 3.33. The van der Waals surface area contributed by atoms with E-state index < -0.39 is 6.04 Å². The number of halogens is 1. The number of carbonyl (C=O) groups is 2. The molecular weight excluding hydrogens is 296 g/mol. The molecule has 20 heavy (non-hydrogen) atoms. The summed E-state index contributed by atoms with van der Waals surface area (Å²) in [4.78, 5) is 27.0. The molecule has 0 radical (unpaired) electrons. The standard InChI is InChI=1S/C14H19ClN2O2S/c1-8(2)6-10-14(19)17(7-13(18)16-10)9(3)11-4-5-12(15)20-11/h4-5,8-10H,6-7H2,1-3H3,(H,16,18). The van der Waals surface area contributed by atoms with Crippen LogP contribution in [0.5, 0.6) is 0 Å². The Hall–Kier alpha value is -1.07. The minimum absolute atomic E-state index is 0.00433. The van der Waals surface area contributed by atoms with Gasteiger partial charge in [0.15, 0.2) is 0 Å². The van der Waals surface area contributed by atoms with Gasteiger partial charge in [0.2, 0.25) is 11.8 Å². The summed E-state index contributed by atoms with van der Waals surface area (Å²) in [5, 5.41) is 2.79. The molecule has 0 saturated carbocycles. The summed E-state index contributed by atoms with van der Waals surface area (Å²) in [7, 11) is 0. The lowest BCUT2D eigenvalue weighted by atomic mass is 10.00. The third-order valence-electron chi connectivity index (χ3n) is 3.41. The second kappa shape index (κ2) is 6.14. The summed E-state index contributed by atoms with van der Waals surface area (Å²) in [6.07, 6.45) is 0.666. The van der Waals surface area contributed by atoms with Crippen molar-refractivity contribution in [3.63, 3.8) is 0 Å². The lowest BCUT2D eigenvalue weighted by Crippen LogP contribution is -2.58. The van der Waals surface area contributed by atoms with E-state index in [2.05, 4.69) is 5.32 Å². The van der Waals surface area contributed by atoms with E-state index in [4.69, 9.17) is 11.6 Å². The van der Waals surface area contributed by atoms with Crippen molar-refractivity contribution in [1.29, 1.82) is 0 Å². The van der Waals surface area contributed by atoms with Gasteiger partial charge in [0, 0.05) is 4.88 Å². The average molecular weight is 315 g/mol. The van der Waals surface area contributed by atoms with E-state index in [1.807, 2.05) is 32.9 Å². The number of rotatable bonds is 4. The predicted octanol–water partition coefficient (Wildman–Crippen LogP) is 2.84. The van der Waals surface area contributed by atoms with Crippen molar-refractivity contribution in [3.05, 3.63) is 21.3 Å². The predicted molar refractivity (Wildman–Crippen MR) is 80.8 cm³/mol. The van der Waals surface area contributed by atoms with Gasteiger partial charge in [-0.05, 0) is 31.4 Å². The van der Waals surface area contributed by atoms with E-state index in [0.29, 0.717) is 16.7 Å². The van der Waals surface area contributed by atoms with Crippen molar-refractivity contribution in [1.82, 2.24) is 10.2 Å². The number of amides is 2. The maximum Gasteiger partial charge on any atom is 0.246 e. The maximum atomic E-state index is 12.5. The zero-order valence-electron chi connectivity index (χ0n) is 11.9. The fourth-order valence-corrected chi connectivity index (χ4v) is 3.53. The number of hydrogen-bond acceptors (Lipinski definition) is 3. The number of nitrogens with zero attached hydrogens (tertiary/aromatic N) is 1. The van der Waals surface area contributed by atoms with E-state index in [9.17, 15) is 9.59 Å². The Morgan fingerprint density at radius 3 is 2.65 bits per heavy atom. The maximum absolute atomic E-state index is 12.5. The molecule has 2 atom stereocenters. The first-order valence-corrected chi connectivity index (χ1v) is 7.93. The minimum atomic E-state index is -0.408. The van der Waals surface area contributed by atoms with Crippen molar-refractivity contribution in [2.24, 2.45) is 5.92 Å². The van der Waals surface area contributed by atoms with Crippen LogP contribution >= 0.6 is 22.9 Å². The Labute approximate surface area is 128 Å². The van der Waals surface area contributed by atoms with Crippen LogP contribution in [0.2, 0.25) is 4.34 Å². The third-order valence-corrected chi connectivity index (χ3v) is 4.81. The Bertz CT molecular complexity index is 515. The molecule has 1 aromatic heterocycles. The summed E-state index contributed by atoms with van der Waals surface area (Å²) in [5.74, 6) is 0.260. The summed E-state index contributed by atoms with van der Waals surface area (Å²) in [6, 6.07) is 3.20. The van der Waals surface area contributed by atoms with E-state index in [1.165, 1.54) is 11.3 Å². The molecule has 1 fully saturated rings. The first-order valence-electron chi connectivity index (χ1n) is 6.73. The van der Waals surface area contributed by atoms with Crippen molar-refractivity contribution in [3.8, 4) is 0 Å². The molecule has 2 heterocycles. The Morgan fingerprint density at radius 1 is 1.40 bits per heavy atom. The van der Waals surface area contributed by atoms with Gasteiger partial charge < -0.3 is 10.2 Å². The molecule has 0 aromatic carbocycles. The molecule has 0 spiro atoms. The summed E-state index contributed by atoms with van der Waals surface area (Å²) in [6.45, 7) is 6.14. The zero-order chi connectivity index (χ0) is 14.9. The van der Waals surface area contributed by atoms with Gasteiger partial charge in [-0.25, -0.2) is 0 Å². The van der Waals surface area contributed by atoms with E-state index >= 15 is 0 Å². The number of hydrogen-bond donors (Lipinski definition) is 1. The number of carbonyl (C=O) groups excluding carboxylic acids is 2. The van der Waals surface area contributed by atoms with Gasteiger partial charge in [-0.15, -0.1) is 11.3 Å². The molecule has 2 amide bonds. The molecule has 2 unspecified atom stereocenters. The monoisotopic (exact) mass is 314 g/mol. The van der Waals surface area contributed by atoms with Crippen LogP contribution in [0, 0.1) is 5.92 Å². The van der Waals surface area contributed by atoms with Gasteiger partial charge in [0.25, 0.3) is 0 Å². The first kappa shape index (κ1) is 15.3. The molecule has 0 aliphatic carbocycles. The molecular formula is C14H19ClN2O2S. The van der Waals surface area contributed by atoms with Crippen LogP contribution in [-0.2, 0) is 9.59 Å². The number of thiophene rings is 1. The van der Waals surface area contributed by atoms with Gasteiger partial charge in [-0.3, -0.25) is 9.59 Å². The molecule has 1 aliphatic heterocycles. The van der Waals surface area contributed by atoms with Crippen LogP contribution in [0.1, 0.15) is 38.1 Å². The van der Waals surface area contributed by atoms with Crippen LogP contribution in [0.15, 0.2) is 12.1 Å². The second-order valence-corrected chi connectivity index (χ2v) is 7.28. The molecule has 1 aromatic rings. The van der Waals surface area contributed by atoms with Gasteiger partial charge in [0.05, 0.1) is 10.4 Å². The van der Waals surface area contributed by atoms with Crippen LogP contribution < -0.4 is 5.32 Å². The fraction of sp³-hybridized carbons (Fsp3) is 0.571. The van der Waals surface area contributed by atoms with Crippen LogP contribution in [0.25, 0.3) is 0 Å². The van der Waals surface area contributed by atoms with Crippen molar-refractivity contribution >= 4 is 34.8 Å². The van der Waals surface area contributed by atoms with Gasteiger partial charge in [-0.1, -0.05) is 25.4 Å². The van der Waals surface area contributed by atoms with Crippen LogP contribution in [-0.4, -0.2) is 29.3 Å². The van der Waals surface area contributed by atoms with Gasteiger partial charge in [-0.2, -0.15) is 0 Å². The molecule has 1 aliphatic rings. The van der Waals surface area contributed by atoms with Crippen molar-refractivity contribution in [2.75, 3.05) is 6.54 Å². The Morgan fingerprint density at radius 2 is 2.10 bits per heavy atom. The van der Waals surface area contributed by atoms with Crippen molar-refractivity contribution < 1.29 is 9.59 Å². The van der Waals surface area contributed by atoms with Crippen LogP contribution in [0.4, 0.5) is 0 Å². The van der Waals surface area contributed by atoms with Gasteiger partial charge in [0.1, 0.15) is 12.6 Å². The molecule has 4 nitrogen and oxygen atoms in total. The van der Waals surface area contributed by atoms with Gasteiger partial charge >= 0.3 is 0 Å². The molecule has 6 heteroatoms. The van der Waals surface area contributed by atoms with Crippen molar-refractivity contribution in [2.45, 2.75) is 39.3 Å². The Kier molecular flexibility index (Phi) is 4.70. The molecule has 1 N–H and O–H groups in total. The highest BCUT2D eigenvalue weighted by molar-refractivity contribution is 7.16. The molecule has 1 saturated heterocycles.